The first kappa shape index (κ1) is 12.9. The molecular weight excluding hydrogens is 224 g/mol. The standard InChI is InChI=1S/C15H20N2O/c1-2-18-12-14-4-3-9-17(11-14)15-7-5-13(10-16)6-8-15/h5-8,14H,2-4,9,11-12H2,1H3. The van der Waals surface area contributed by atoms with Gasteiger partial charge in [-0.05, 0) is 49.9 Å². The summed E-state index contributed by atoms with van der Waals surface area (Å²) < 4.78 is 5.52. The summed E-state index contributed by atoms with van der Waals surface area (Å²) in [6.07, 6.45) is 2.48. The van der Waals surface area contributed by atoms with Crippen LogP contribution in [0.4, 0.5) is 5.69 Å². The number of benzene rings is 1. The molecule has 3 nitrogen and oxygen atoms in total. The molecule has 1 unspecified atom stereocenters. The zero-order chi connectivity index (χ0) is 12.8. The molecule has 3 heteroatoms. The van der Waals surface area contributed by atoms with Gasteiger partial charge >= 0.3 is 0 Å². The first-order valence-electron chi connectivity index (χ1n) is 6.66. The summed E-state index contributed by atoms with van der Waals surface area (Å²) in [7, 11) is 0. The lowest BCUT2D eigenvalue weighted by molar-refractivity contribution is 0.104. The van der Waals surface area contributed by atoms with Gasteiger partial charge in [0.15, 0.2) is 0 Å². The Kier molecular flexibility index (Phi) is 4.60. The molecule has 0 aromatic heterocycles. The molecule has 0 amide bonds. The maximum atomic E-state index is 8.80. The second-order valence-electron chi connectivity index (χ2n) is 4.77. The minimum Gasteiger partial charge on any atom is -0.381 e. The lowest BCUT2D eigenvalue weighted by Crippen LogP contribution is -2.37. The van der Waals surface area contributed by atoms with E-state index in [0.717, 1.165) is 31.9 Å². The lowest BCUT2D eigenvalue weighted by Gasteiger charge is -2.34. The van der Waals surface area contributed by atoms with Crippen molar-refractivity contribution >= 4 is 5.69 Å². The van der Waals surface area contributed by atoms with Gasteiger partial charge in [-0.1, -0.05) is 0 Å². The minimum absolute atomic E-state index is 0.634. The highest BCUT2D eigenvalue weighted by atomic mass is 16.5. The van der Waals surface area contributed by atoms with E-state index in [2.05, 4.69) is 11.0 Å². The lowest BCUT2D eigenvalue weighted by atomic mass is 9.98. The molecule has 1 aromatic rings. The minimum atomic E-state index is 0.634. The van der Waals surface area contributed by atoms with Crippen molar-refractivity contribution in [2.24, 2.45) is 5.92 Å². The van der Waals surface area contributed by atoms with Crippen molar-refractivity contribution < 1.29 is 4.74 Å². The Morgan fingerprint density at radius 1 is 1.39 bits per heavy atom. The van der Waals surface area contributed by atoms with E-state index in [1.54, 1.807) is 0 Å². The van der Waals surface area contributed by atoms with Crippen LogP contribution in [0.25, 0.3) is 0 Å². The Balaban J connectivity index is 1.97. The largest absolute Gasteiger partial charge is 0.381 e. The highest BCUT2D eigenvalue weighted by Gasteiger charge is 2.20. The maximum absolute atomic E-state index is 8.80. The highest BCUT2D eigenvalue weighted by molar-refractivity contribution is 5.50. The molecule has 18 heavy (non-hydrogen) atoms. The van der Waals surface area contributed by atoms with Crippen LogP contribution >= 0.6 is 0 Å². The van der Waals surface area contributed by atoms with Crippen LogP contribution in [-0.2, 0) is 4.74 Å². The molecule has 1 atom stereocenters. The van der Waals surface area contributed by atoms with E-state index in [0.29, 0.717) is 5.92 Å². The second-order valence-corrected chi connectivity index (χ2v) is 4.77. The topological polar surface area (TPSA) is 36.3 Å². The summed E-state index contributed by atoms with van der Waals surface area (Å²) in [5, 5.41) is 8.80. The van der Waals surface area contributed by atoms with Crippen LogP contribution in [0.2, 0.25) is 0 Å². The van der Waals surface area contributed by atoms with Gasteiger partial charge in [0, 0.05) is 25.4 Å². The Morgan fingerprint density at radius 2 is 2.17 bits per heavy atom. The summed E-state index contributed by atoms with van der Waals surface area (Å²) in [4.78, 5) is 2.40. The van der Waals surface area contributed by atoms with Crippen LogP contribution in [0.3, 0.4) is 0 Å². The number of anilines is 1. The molecule has 0 radical (unpaired) electrons. The number of hydrogen-bond donors (Lipinski definition) is 0. The van der Waals surface area contributed by atoms with Crippen LogP contribution in [0, 0.1) is 17.2 Å². The second kappa shape index (κ2) is 6.42. The van der Waals surface area contributed by atoms with Crippen molar-refractivity contribution in [2.45, 2.75) is 19.8 Å². The summed E-state index contributed by atoms with van der Waals surface area (Å²) >= 11 is 0. The molecule has 96 valence electrons. The number of piperidine rings is 1. The third-order valence-electron chi connectivity index (χ3n) is 3.44. The van der Waals surface area contributed by atoms with Gasteiger partial charge in [0.2, 0.25) is 0 Å². The van der Waals surface area contributed by atoms with Gasteiger partial charge in [-0.3, -0.25) is 0 Å². The van der Waals surface area contributed by atoms with Gasteiger partial charge in [0.05, 0.1) is 18.2 Å². The average molecular weight is 244 g/mol. The molecule has 1 saturated heterocycles. The van der Waals surface area contributed by atoms with Gasteiger partial charge in [-0.25, -0.2) is 0 Å². The Hall–Kier alpha value is -1.53. The molecule has 0 N–H and O–H groups in total. The fraction of sp³-hybridized carbons (Fsp3) is 0.533. The molecule has 0 saturated carbocycles. The smallest absolute Gasteiger partial charge is 0.0991 e. The van der Waals surface area contributed by atoms with Crippen molar-refractivity contribution in [3.05, 3.63) is 29.8 Å². The SMILES string of the molecule is CCOCC1CCCN(c2ccc(C#N)cc2)C1. The predicted octanol–water partition coefficient (Wildman–Crippen LogP) is 2.81. The maximum Gasteiger partial charge on any atom is 0.0991 e. The molecule has 0 aliphatic carbocycles. The van der Waals surface area contributed by atoms with E-state index in [4.69, 9.17) is 10.00 Å². The van der Waals surface area contributed by atoms with E-state index in [1.807, 2.05) is 31.2 Å². The van der Waals surface area contributed by atoms with Gasteiger partial charge < -0.3 is 9.64 Å². The van der Waals surface area contributed by atoms with Crippen LogP contribution < -0.4 is 4.90 Å². The van der Waals surface area contributed by atoms with Crippen molar-refractivity contribution in [3.63, 3.8) is 0 Å². The number of nitriles is 1. The van der Waals surface area contributed by atoms with Crippen LogP contribution in [-0.4, -0.2) is 26.3 Å². The molecular formula is C15H20N2O. The fourth-order valence-corrected chi connectivity index (χ4v) is 2.47. The van der Waals surface area contributed by atoms with Gasteiger partial charge in [0.1, 0.15) is 0 Å². The van der Waals surface area contributed by atoms with E-state index in [1.165, 1.54) is 18.5 Å². The first-order valence-corrected chi connectivity index (χ1v) is 6.66. The number of ether oxygens (including phenoxy) is 1. The van der Waals surface area contributed by atoms with E-state index < -0.39 is 0 Å². The number of nitrogens with zero attached hydrogens (tertiary/aromatic N) is 2. The molecule has 1 aromatic carbocycles. The predicted molar refractivity (Wildman–Crippen MR) is 72.6 cm³/mol. The van der Waals surface area contributed by atoms with Crippen molar-refractivity contribution in [2.75, 3.05) is 31.2 Å². The Labute approximate surface area is 109 Å². The van der Waals surface area contributed by atoms with E-state index in [9.17, 15) is 0 Å². The zero-order valence-electron chi connectivity index (χ0n) is 10.9. The quantitative estimate of drug-likeness (QED) is 0.817. The molecule has 1 aliphatic heterocycles. The normalized spacial score (nSPS) is 19.6. The Morgan fingerprint density at radius 3 is 2.83 bits per heavy atom. The van der Waals surface area contributed by atoms with Crippen molar-refractivity contribution in [1.82, 2.24) is 0 Å². The molecule has 1 aliphatic rings. The van der Waals surface area contributed by atoms with Gasteiger partial charge in [0.25, 0.3) is 0 Å². The average Bonchev–Trinajstić information content (AvgIpc) is 2.45. The number of rotatable bonds is 4. The monoisotopic (exact) mass is 244 g/mol. The first-order chi connectivity index (χ1) is 8.83. The van der Waals surface area contributed by atoms with Crippen LogP contribution in [0.1, 0.15) is 25.3 Å². The van der Waals surface area contributed by atoms with Gasteiger partial charge in [-0.15, -0.1) is 0 Å². The summed E-state index contributed by atoms with van der Waals surface area (Å²) in [5.41, 5.74) is 1.94. The summed E-state index contributed by atoms with van der Waals surface area (Å²) in [6, 6.07) is 10.0. The van der Waals surface area contributed by atoms with Crippen molar-refractivity contribution in [1.29, 1.82) is 5.26 Å². The van der Waals surface area contributed by atoms with Crippen LogP contribution in [0.5, 0.6) is 0 Å². The molecule has 0 bridgehead atoms. The Bertz CT molecular complexity index is 407. The van der Waals surface area contributed by atoms with Crippen LogP contribution in [0.15, 0.2) is 24.3 Å². The zero-order valence-corrected chi connectivity index (χ0v) is 10.9. The van der Waals surface area contributed by atoms with Crippen molar-refractivity contribution in [3.8, 4) is 6.07 Å². The highest BCUT2D eigenvalue weighted by Crippen LogP contribution is 2.23. The molecule has 2 rings (SSSR count). The third kappa shape index (κ3) is 3.24. The van der Waals surface area contributed by atoms with Gasteiger partial charge in [-0.2, -0.15) is 5.26 Å². The third-order valence-corrected chi connectivity index (χ3v) is 3.44. The molecule has 1 heterocycles. The van der Waals surface area contributed by atoms with E-state index >= 15 is 0 Å². The summed E-state index contributed by atoms with van der Waals surface area (Å²) in [5.74, 6) is 0.634. The molecule has 1 fully saturated rings. The summed E-state index contributed by atoms with van der Waals surface area (Å²) in [6.45, 7) is 5.87. The molecule has 0 spiro atoms. The fourth-order valence-electron chi connectivity index (χ4n) is 2.47. The number of hydrogen-bond acceptors (Lipinski definition) is 3. The van der Waals surface area contributed by atoms with E-state index in [-0.39, 0.29) is 0 Å².